The number of hydrogen-bond donors (Lipinski definition) is 1. The van der Waals surface area contributed by atoms with Gasteiger partial charge in [0.15, 0.2) is 5.13 Å². The van der Waals surface area contributed by atoms with Gasteiger partial charge >= 0.3 is 0 Å². The second-order valence-corrected chi connectivity index (χ2v) is 6.71. The van der Waals surface area contributed by atoms with Gasteiger partial charge in [0.05, 0.1) is 23.8 Å². The fraction of sp³-hybridized carbons (Fsp3) is 0.786. The van der Waals surface area contributed by atoms with Crippen LogP contribution in [0.4, 0.5) is 5.13 Å². The molecular formula is C14H26N2O2S. The molecule has 1 N–H and O–H groups in total. The van der Waals surface area contributed by atoms with Gasteiger partial charge in [-0.2, -0.15) is 0 Å². The third kappa shape index (κ3) is 5.09. The Labute approximate surface area is 120 Å². The van der Waals surface area contributed by atoms with Crippen molar-refractivity contribution in [3.05, 3.63) is 10.6 Å². The minimum Gasteiger partial charge on any atom is -0.391 e. The van der Waals surface area contributed by atoms with Crippen molar-refractivity contribution < 1.29 is 9.84 Å². The van der Waals surface area contributed by atoms with Gasteiger partial charge in [0.2, 0.25) is 0 Å². The summed E-state index contributed by atoms with van der Waals surface area (Å²) in [5.41, 5.74) is 0.863. The minimum atomic E-state index is 0.0353. The smallest absolute Gasteiger partial charge is 0.185 e. The molecule has 0 aliphatic rings. The largest absolute Gasteiger partial charge is 0.391 e. The minimum absolute atomic E-state index is 0.0353. The Balaban J connectivity index is 2.93. The number of thiazole rings is 1. The first kappa shape index (κ1) is 16.4. The summed E-state index contributed by atoms with van der Waals surface area (Å²) >= 11 is 1.58. The molecule has 0 amide bonds. The molecule has 0 aromatic carbocycles. The van der Waals surface area contributed by atoms with Crippen LogP contribution in [0.1, 0.15) is 38.3 Å². The van der Waals surface area contributed by atoms with Crippen molar-refractivity contribution in [1.29, 1.82) is 0 Å². The molecule has 1 heterocycles. The molecule has 0 saturated carbocycles. The van der Waals surface area contributed by atoms with Crippen LogP contribution in [0.15, 0.2) is 0 Å². The summed E-state index contributed by atoms with van der Waals surface area (Å²) in [5, 5.41) is 10.4. The molecule has 0 fully saturated rings. The monoisotopic (exact) mass is 286 g/mol. The predicted molar refractivity (Wildman–Crippen MR) is 80.6 cm³/mol. The SMILES string of the molecule is COCc1nc(N(CC(C)C)CC(C)C)sc1CO. The number of ether oxygens (including phenoxy) is 1. The number of hydrogen-bond acceptors (Lipinski definition) is 5. The summed E-state index contributed by atoms with van der Waals surface area (Å²) < 4.78 is 5.14. The van der Waals surface area contributed by atoms with Crippen LogP contribution in [-0.2, 0) is 18.0 Å². The van der Waals surface area contributed by atoms with E-state index in [1.54, 1.807) is 18.4 Å². The van der Waals surface area contributed by atoms with E-state index in [9.17, 15) is 5.11 Å². The summed E-state index contributed by atoms with van der Waals surface area (Å²) in [6, 6.07) is 0. The van der Waals surface area contributed by atoms with Crippen molar-refractivity contribution in [2.75, 3.05) is 25.1 Å². The lowest BCUT2D eigenvalue weighted by molar-refractivity contribution is 0.179. The Morgan fingerprint density at radius 3 is 2.21 bits per heavy atom. The summed E-state index contributed by atoms with van der Waals surface area (Å²) in [4.78, 5) is 7.87. The van der Waals surface area contributed by atoms with Gasteiger partial charge in [-0.15, -0.1) is 0 Å². The van der Waals surface area contributed by atoms with Gasteiger partial charge in [-0.05, 0) is 11.8 Å². The average Bonchev–Trinajstić information content (AvgIpc) is 2.70. The fourth-order valence-corrected chi connectivity index (χ4v) is 2.93. The molecule has 0 saturated heterocycles. The Hall–Kier alpha value is -0.650. The third-order valence-electron chi connectivity index (χ3n) is 2.63. The molecule has 0 atom stereocenters. The van der Waals surface area contributed by atoms with Crippen molar-refractivity contribution in [2.45, 2.75) is 40.9 Å². The van der Waals surface area contributed by atoms with E-state index in [1.165, 1.54) is 0 Å². The van der Waals surface area contributed by atoms with Gasteiger partial charge in [-0.1, -0.05) is 39.0 Å². The van der Waals surface area contributed by atoms with Crippen molar-refractivity contribution in [2.24, 2.45) is 11.8 Å². The number of rotatable bonds is 8. The maximum atomic E-state index is 9.40. The van der Waals surface area contributed by atoms with Gasteiger partial charge in [0.1, 0.15) is 0 Å². The second-order valence-electron chi connectivity index (χ2n) is 5.65. The van der Waals surface area contributed by atoms with Crippen LogP contribution in [0, 0.1) is 11.8 Å². The van der Waals surface area contributed by atoms with E-state index in [1.807, 2.05) is 0 Å². The summed E-state index contributed by atoms with van der Waals surface area (Å²) in [6.07, 6.45) is 0. The predicted octanol–water partition coefficient (Wildman–Crippen LogP) is 2.90. The highest BCUT2D eigenvalue weighted by atomic mass is 32.1. The number of methoxy groups -OCH3 is 1. The first-order chi connectivity index (χ1) is 8.97. The molecule has 0 spiro atoms. The molecule has 5 heteroatoms. The van der Waals surface area contributed by atoms with E-state index in [2.05, 4.69) is 37.6 Å². The number of aliphatic hydroxyl groups is 1. The summed E-state index contributed by atoms with van der Waals surface area (Å²) in [5.74, 6) is 1.18. The highest BCUT2D eigenvalue weighted by Crippen LogP contribution is 2.28. The molecule has 110 valence electrons. The molecule has 0 aliphatic carbocycles. The lowest BCUT2D eigenvalue weighted by atomic mass is 10.1. The average molecular weight is 286 g/mol. The molecule has 0 aliphatic heterocycles. The Bertz CT molecular complexity index is 368. The number of anilines is 1. The van der Waals surface area contributed by atoms with Gasteiger partial charge in [-0.25, -0.2) is 4.98 Å². The molecular weight excluding hydrogens is 260 g/mol. The normalized spacial score (nSPS) is 11.6. The van der Waals surface area contributed by atoms with Crippen LogP contribution in [0.25, 0.3) is 0 Å². The zero-order chi connectivity index (χ0) is 14.4. The van der Waals surface area contributed by atoms with E-state index in [0.29, 0.717) is 18.4 Å². The molecule has 1 aromatic rings. The Morgan fingerprint density at radius 1 is 1.21 bits per heavy atom. The van der Waals surface area contributed by atoms with Crippen LogP contribution < -0.4 is 4.90 Å². The zero-order valence-corrected chi connectivity index (χ0v) is 13.5. The topological polar surface area (TPSA) is 45.6 Å². The Kier molecular flexibility index (Phi) is 6.75. The quantitative estimate of drug-likeness (QED) is 0.798. The molecule has 0 bridgehead atoms. The van der Waals surface area contributed by atoms with E-state index in [-0.39, 0.29) is 6.61 Å². The van der Waals surface area contributed by atoms with Crippen molar-refractivity contribution in [3.63, 3.8) is 0 Å². The number of aliphatic hydroxyl groups excluding tert-OH is 1. The highest BCUT2D eigenvalue weighted by molar-refractivity contribution is 7.15. The lowest BCUT2D eigenvalue weighted by Gasteiger charge is -2.25. The van der Waals surface area contributed by atoms with Crippen molar-refractivity contribution in [1.82, 2.24) is 4.98 Å². The maximum absolute atomic E-state index is 9.40. The van der Waals surface area contributed by atoms with Gasteiger partial charge in [-0.3, -0.25) is 0 Å². The van der Waals surface area contributed by atoms with E-state index < -0.39 is 0 Å². The maximum Gasteiger partial charge on any atom is 0.185 e. The van der Waals surface area contributed by atoms with E-state index in [0.717, 1.165) is 28.8 Å². The molecule has 0 radical (unpaired) electrons. The zero-order valence-electron chi connectivity index (χ0n) is 12.6. The Morgan fingerprint density at radius 2 is 1.79 bits per heavy atom. The van der Waals surface area contributed by atoms with Crippen molar-refractivity contribution in [3.8, 4) is 0 Å². The molecule has 1 aromatic heterocycles. The first-order valence-corrected chi connectivity index (χ1v) is 7.62. The number of aromatic nitrogens is 1. The van der Waals surface area contributed by atoms with Crippen LogP contribution in [0.3, 0.4) is 0 Å². The molecule has 1 rings (SSSR count). The van der Waals surface area contributed by atoms with Gasteiger partial charge in [0.25, 0.3) is 0 Å². The highest BCUT2D eigenvalue weighted by Gasteiger charge is 2.17. The lowest BCUT2D eigenvalue weighted by Crippen LogP contribution is -2.31. The standard InChI is InChI=1S/C14H26N2O2S/c1-10(2)6-16(7-11(3)4)14-15-12(9-18-5)13(8-17)19-14/h10-11,17H,6-9H2,1-5H3. The number of nitrogens with zero attached hydrogens (tertiary/aromatic N) is 2. The van der Waals surface area contributed by atoms with Gasteiger partial charge in [0, 0.05) is 20.2 Å². The molecule has 0 unspecified atom stereocenters. The first-order valence-electron chi connectivity index (χ1n) is 6.81. The third-order valence-corrected chi connectivity index (χ3v) is 3.78. The molecule has 4 nitrogen and oxygen atoms in total. The van der Waals surface area contributed by atoms with E-state index >= 15 is 0 Å². The van der Waals surface area contributed by atoms with Crippen LogP contribution in [0.2, 0.25) is 0 Å². The van der Waals surface area contributed by atoms with Crippen LogP contribution in [0.5, 0.6) is 0 Å². The molecule has 19 heavy (non-hydrogen) atoms. The van der Waals surface area contributed by atoms with Crippen LogP contribution in [-0.4, -0.2) is 30.3 Å². The second kappa shape index (κ2) is 7.82. The van der Waals surface area contributed by atoms with E-state index in [4.69, 9.17) is 4.74 Å². The van der Waals surface area contributed by atoms with Crippen molar-refractivity contribution >= 4 is 16.5 Å². The summed E-state index contributed by atoms with van der Waals surface area (Å²) in [7, 11) is 1.65. The van der Waals surface area contributed by atoms with Gasteiger partial charge < -0.3 is 14.7 Å². The van der Waals surface area contributed by atoms with Crippen LogP contribution >= 0.6 is 11.3 Å². The summed E-state index contributed by atoms with van der Waals surface area (Å²) in [6.45, 7) is 11.3. The fourth-order valence-electron chi connectivity index (χ4n) is 1.99.